The molecule has 6 nitrogen and oxygen atoms in total. The molecule has 0 fully saturated rings. The van der Waals surface area contributed by atoms with Crippen LogP contribution < -0.4 is 10.6 Å². The molecule has 150 valence electrons. The van der Waals surface area contributed by atoms with Crippen molar-refractivity contribution in [3.63, 3.8) is 0 Å². The van der Waals surface area contributed by atoms with Crippen LogP contribution in [0.5, 0.6) is 0 Å². The summed E-state index contributed by atoms with van der Waals surface area (Å²) in [4.78, 5) is 27.0. The normalized spacial score (nSPS) is 11.9. The second-order valence-electron chi connectivity index (χ2n) is 6.78. The van der Waals surface area contributed by atoms with E-state index in [1.165, 1.54) is 0 Å². The molecule has 0 aliphatic rings. The Morgan fingerprint density at radius 1 is 1.07 bits per heavy atom. The quantitative estimate of drug-likeness (QED) is 0.619. The summed E-state index contributed by atoms with van der Waals surface area (Å²) >= 11 is 0. The molecule has 0 saturated heterocycles. The van der Waals surface area contributed by atoms with Gasteiger partial charge in [-0.3, -0.25) is 14.5 Å². The van der Waals surface area contributed by atoms with Crippen molar-refractivity contribution >= 4 is 17.5 Å². The van der Waals surface area contributed by atoms with Gasteiger partial charge in [0.2, 0.25) is 11.8 Å². The third kappa shape index (κ3) is 6.79. The fourth-order valence-corrected chi connectivity index (χ4v) is 2.91. The van der Waals surface area contributed by atoms with Gasteiger partial charge in [0, 0.05) is 25.9 Å². The number of benzene rings is 2. The van der Waals surface area contributed by atoms with Gasteiger partial charge in [-0.1, -0.05) is 48.0 Å². The van der Waals surface area contributed by atoms with Gasteiger partial charge in [0.05, 0.1) is 6.54 Å². The molecule has 1 atom stereocenters. The van der Waals surface area contributed by atoms with Gasteiger partial charge in [-0.05, 0) is 38.1 Å². The maximum atomic E-state index is 13.0. The van der Waals surface area contributed by atoms with Crippen molar-refractivity contribution in [3.8, 4) is 0 Å². The predicted molar refractivity (Wildman–Crippen MR) is 111 cm³/mol. The van der Waals surface area contributed by atoms with Crippen LogP contribution in [0.25, 0.3) is 0 Å². The van der Waals surface area contributed by atoms with Gasteiger partial charge in [-0.2, -0.15) is 0 Å². The smallest absolute Gasteiger partial charge is 0.246 e. The SMILES string of the molecule is COCCCNC(=O)CN(C)C(C(=O)Nc1ccc(C)cc1)c1ccccc1. The lowest BCUT2D eigenvalue weighted by Crippen LogP contribution is -2.41. The van der Waals surface area contributed by atoms with E-state index in [1.54, 1.807) is 19.1 Å². The summed E-state index contributed by atoms with van der Waals surface area (Å²) in [6, 6.07) is 16.5. The number of hydrogen-bond donors (Lipinski definition) is 2. The lowest BCUT2D eigenvalue weighted by atomic mass is 10.0. The Hall–Kier alpha value is -2.70. The van der Waals surface area contributed by atoms with Gasteiger partial charge in [0.25, 0.3) is 0 Å². The maximum absolute atomic E-state index is 13.0. The Labute approximate surface area is 166 Å². The lowest BCUT2D eigenvalue weighted by Gasteiger charge is -2.27. The summed E-state index contributed by atoms with van der Waals surface area (Å²) in [6.07, 6.45) is 0.752. The van der Waals surface area contributed by atoms with E-state index in [0.29, 0.717) is 13.2 Å². The van der Waals surface area contributed by atoms with Gasteiger partial charge >= 0.3 is 0 Å². The lowest BCUT2D eigenvalue weighted by molar-refractivity contribution is -0.125. The third-order valence-electron chi connectivity index (χ3n) is 4.36. The molecular formula is C22H29N3O3. The molecule has 2 aromatic rings. The summed E-state index contributed by atoms with van der Waals surface area (Å²) in [5.74, 6) is -0.299. The molecule has 1 unspecified atom stereocenters. The van der Waals surface area contributed by atoms with Crippen LogP contribution in [-0.2, 0) is 14.3 Å². The third-order valence-corrected chi connectivity index (χ3v) is 4.36. The largest absolute Gasteiger partial charge is 0.385 e. The Bertz CT molecular complexity index is 747. The molecule has 0 aromatic heterocycles. The van der Waals surface area contributed by atoms with E-state index < -0.39 is 6.04 Å². The van der Waals surface area contributed by atoms with E-state index >= 15 is 0 Å². The summed E-state index contributed by atoms with van der Waals surface area (Å²) in [5.41, 5.74) is 2.69. The molecule has 0 spiro atoms. The number of amides is 2. The van der Waals surface area contributed by atoms with Crippen LogP contribution in [0.4, 0.5) is 5.69 Å². The zero-order valence-electron chi connectivity index (χ0n) is 16.8. The van der Waals surface area contributed by atoms with E-state index in [-0.39, 0.29) is 18.4 Å². The number of carbonyl (C=O) groups excluding carboxylic acids is 2. The molecule has 0 saturated carbocycles. The molecule has 0 aliphatic heterocycles. The van der Waals surface area contributed by atoms with Crippen LogP contribution in [-0.4, -0.2) is 50.6 Å². The molecular weight excluding hydrogens is 354 g/mol. The van der Waals surface area contributed by atoms with Gasteiger partial charge in [0.1, 0.15) is 6.04 Å². The monoisotopic (exact) mass is 383 g/mol. The van der Waals surface area contributed by atoms with Crippen LogP contribution in [0.3, 0.4) is 0 Å². The number of nitrogens with zero attached hydrogens (tertiary/aromatic N) is 1. The van der Waals surface area contributed by atoms with E-state index in [1.807, 2.05) is 61.5 Å². The topological polar surface area (TPSA) is 70.7 Å². The highest BCUT2D eigenvalue weighted by Gasteiger charge is 2.26. The van der Waals surface area contributed by atoms with Crippen molar-refractivity contribution in [2.75, 3.05) is 39.2 Å². The number of rotatable bonds is 10. The Kier molecular flexibility index (Phi) is 8.65. The summed E-state index contributed by atoms with van der Waals surface area (Å²) in [5, 5.41) is 5.81. The molecule has 2 rings (SSSR count). The van der Waals surface area contributed by atoms with Crippen molar-refractivity contribution in [1.82, 2.24) is 10.2 Å². The van der Waals surface area contributed by atoms with E-state index in [9.17, 15) is 9.59 Å². The number of aryl methyl sites for hydroxylation is 1. The molecule has 0 heterocycles. The van der Waals surface area contributed by atoms with Crippen LogP contribution in [0.1, 0.15) is 23.6 Å². The summed E-state index contributed by atoms with van der Waals surface area (Å²) in [7, 11) is 3.41. The first-order chi connectivity index (χ1) is 13.5. The van der Waals surface area contributed by atoms with Crippen LogP contribution in [0.2, 0.25) is 0 Å². The minimum absolute atomic E-state index is 0.119. The summed E-state index contributed by atoms with van der Waals surface area (Å²) < 4.78 is 4.98. The standard InChI is InChI=1S/C22H29N3O3/c1-17-10-12-19(13-11-17)24-22(27)21(18-8-5-4-6-9-18)25(2)16-20(26)23-14-7-15-28-3/h4-6,8-13,21H,7,14-16H2,1-3H3,(H,23,26)(H,24,27). The first-order valence-corrected chi connectivity index (χ1v) is 9.39. The fraction of sp³-hybridized carbons (Fsp3) is 0.364. The Balaban J connectivity index is 2.07. The predicted octanol–water partition coefficient (Wildman–Crippen LogP) is 2.76. The number of nitrogens with one attached hydrogen (secondary N) is 2. The number of anilines is 1. The van der Waals surface area contributed by atoms with E-state index in [4.69, 9.17) is 4.74 Å². The number of likely N-dealkylation sites (N-methyl/N-ethyl adjacent to an activating group) is 1. The zero-order valence-corrected chi connectivity index (χ0v) is 16.8. The number of methoxy groups -OCH3 is 1. The van der Waals surface area contributed by atoms with Gasteiger partial charge in [-0.25, -0.2) is 0 Å². The minimum Gasteiger partial charge on any atom is -0.385 e. The van der Waals surface area contributed by atoms with Crippen molar-refractivity contribution < 1.29 is 14.3 Å². The number of carbonyl (C=O) groups is 2. The molecule has 0 aliphatic carbocycles. The number of hydrogen-bond acceptors (Lipinski definition) is 4. The molecule has 2 N–H and O–H groups in total. The van der Waals surface area contributed by atoms with Crippen molar-refractivity contribution in [3.05, 3.63) is 65.7 Å². The van der Waals surface area contributed by atoms with Crippen molar-refractivity contribution in [2.24, 2.45) is 0 Å². The summed E-state index contributed by atoms with van der Waals surface area (Å²) in [6.45, 7) is 3.26. The first-order valence-electron chi connectivity index (χ1n) is 9.39. The van der Waals surface area contributed by atoms with Crippen LogP contribution in [0.15, 0.2) is 54.6 Å². The molecule has 0 radical (unpaired) electrons. The van der Waals surface area contributed by atoms with Gasteiger partial charge < -0.3 is 15.4 Å². The Morgan fingerprint density at radius 3 is 2.39 bits per heavy atom. The second kappa shape index (κ2) is 11.2. The molecule has 2 aromatic carbocycles. The molecule has 2 amide bonds. The average molecular weight is 383 g/mol. The van der Waals surface area contributed by atoms with Crippen molar-refractivity contribution in [1.29, 1.82) is 0 Å². The highest BCUT2D eigenvalue weighted by atomic mass is 16.5. The molecule has 6 heteroatoms. The van der Waals surface area contributed by atoms with E-state index in [2.05, 4.69) is 10.6 Å². The van der Waals surface area contributed by atoms with Crippen LogP contribution >= 0.6 is 0 Å². The highest BCUT2D eigenvalue weighted by molar-refractivity contribution is 5.96. The second-order valence-corrected chi connectivity index (χ2v) is 6.78. The van der Waals surface area contributed by atoms with Crippen LogP contribution in [0, 0.1) is 6.92 Å². The Morgan fingerprint density at radius 2 is 1.75 bits per heavy atom. The zero-order chi connectivity index (χ0) is 20.4. The van der Waals surface area contributed by atoms with Gasteiger partial charge in [-0.15, -0.1) is 0 Å². The average Bonchev–Trinajstić information content (AvgIpc) is 2.68. The number of ether oxygens (including phenoxy) is 1. The minimum atomic E-state index is -0.577. The molecule has 28 heavy (non-hydrogen) atoms. The fourth-order valence-electron chi connectivity index (χ4n) is 2.91. The van der Waals surface area contributed by atoms with Crippen molar-refractivity contribution in [2.45, 2.75) is 19.4 Å². The first kappa shape index (κ1) is 21.6. The maximum Gasteiger partial charge on any atom is 0.246 e. The van der Waals surface area contributed by atoms with Gasteiger partial charge in [0.15, 0.2) is 0 Å². The molecule has 0 bridgehead atoms. The van der Waals surface area contributed by atoms with E-state index in [0.717, 1.165) is 23.2 Å². The highest BCUT2D eigenvalue weighted by Crippen LogP contribution is 2.21.